The second-order valence-corrected chi connectivity index (χ2v) is 9.60. The number of methoxy groups -OCH3 is 2. The fraction of sp³-hybridized carbons (Fsp3) is 0.375. The Morgan fingerprint density at radius 3 is 2.74 bits per heavy atom. The predicted molar refractivity (Wildman–Crippen MR) is 130 cm³/mol. The first kappa shape index (κ1) is 21.0. The summed E-state index contributed by atoms with van der Waals surface area (Å²) in [6.45, 7) is 0.143. The SMILES string of the molecule is COc1ccc2cnn(Cc3nc4c5c6c(sc5ncn4n3)CCCCCC6)c(=O)c2c1OC. The van der Waals surface area contributed by atoms with Crippen molar-refractivity contribution in [1.29, 1.82) is 0 Å². The highest BCUT2D eigenvalue weighted by atomic mass is 32.1. The number of hydrogen-bond acceptors (Lipinski definition) is 8. The minimum absolute atomic E-state index is 0.143. The van der Waals surface area contributed by atoms with E-state index in [9.17, 15) is 4.79 Å². The van der Waals surface area contributed by atoms with Crippen LogP contribution in [0.2, 0.25) is 0 Å². The molecule has 1 aliphatic carbocycles. The lowest BCUT2D eigenvalue weighted by Crippen LogP contribution is -2.24. The maximum Gasteiger partial charge on any atom is 0.278 e. The molecule has 0 unspecified atom stereocenters. The number of fused-ring (bicyclic) bond motifs is 6. The van der Waals surface area contributed by atoms with Gasteiger partial charge in [0.15, 0.2) is 23.0 Å². The van der Waals surface area contributed by atoms with Crippen LogP contribution in [0, 0.1) is 0 Å². The maximum absolute atomic E-state index is 13.3. The van der Waals surface area contributed by atoms with E-state index < -0.39 is 0 Å². The Bertz CT molecular complexity index is 1600. The van der Waals surface area contributed by atoms with Gasteiger partial charge >= 0.3 is 0 Å². The number of thiophene rings is 1. The molecule has 0 fully saturated rings. The molecular formula is C24H24N6O3S. The molecule has 0 atom stereocenters. The fourth-order valence-electron chi connectivity index (χ4n) is 4.85. The summed E-state index contributed by atoms with van der Waals surface area (Å²) < 4.78 is 13.9. The average molecular weight is 477 g/mol. The second-order valence-electron chi connectivity index (χ2n) is 8.51. The lowest BCUT2D eigenvalue weighted by molar-refractivity contribution is 0.358. The number of benzene rings is 1. The zero-order chi connectivity index (χ0) is 23.2. The van der Waals surface area contributed by atoms with E-state index in [0.29, 0.717) is 28.1 Å². The molecule has 0 spiro atoms. The van der Waals surface area contributed by atoms with Gasteiger partial charge in [0.2, 0.25) is 0 Å². The van der Waals surface area contributed by atoms with Crippen molar-refractivity contribution in [2.45, 2.75) is 45.1 Å². The number of ether oxygens (including phenoxy) is 2. The van der Waals surface area contributed by atoms with Gasteiger partial charge < -0.3 is 9.47 Å². The fourth-order valence-corrected chi connectivity index (χ4v) is 6.07. The molecule has 9 nitrogen and oxygen atoms in total. The molecule has 6 rings (SSSR count). The van der Waals surface area contributed by atoms with Crippen LogP contribution in [0.1, 0.15) is 41.9 Å². The third-order valence-electron chi connectivity index (χ3n) is 6.49. The zero-order valence-corrected chi connectivity index (χ0v) is 19.9. The van der Waals surface area contributed by atoms with Crippen molar-refractivity contribution in [3.8, 4) is 11.5 Å². The molecule has 34 heavy (non-hydrogen) atoms. The lowest BCUT2D eigenvalue weighted by atomic mass is 9.98. The van der Waals surface area contributed by atoms with Gasteiger partial charge in [-0.25, -0.2) is 19.2 Å². The Labute approximate surface area is 199 Å². The molecule has 174 valence electrons. The quantitative estimate of drug-likeness (QED) is 0.389. The molecule has 5 aromatic rings. The number of rotatable bonds is 4. The molecule has 10 heteroatoms. The number of hydrogen-bond donors (Lipinski definition) is 0. The molecule has 1 aromatic carbocycles. The van der Waals surface area contributed by atoms with E-state index in [1.54, 1.807) is 47.6 Å². The first-order valence-electron chi connectivity index (χ1n) is 11.4. The van der Waals surface area contributed by atoms with Crippen molar-refractivity contribution in [3.05, 3.63) is 51.3 Å². The normalized spacial score (nSPS) is 14.3. The zero-order valence-electron chi connectivity index (χ0n) is 19.1. The minimum atomic E-state index is -0.281. The predicted octanol–water partition coefficient (Wildman–Crippen LogP) is 3.77. The molecule has 0 bridgehead atoms. The molecule has 0 aliphatic heterocycles. The Kier molecular flexibility index (Phi) is 5.17. The van der Waals surface area contributed by atoms with Crippen LogP contribution in [0.3, 0.4) is 0 Å². The van der Waals surface area contributed by atoms with Crippen molar-refractivity contribution in [2.24, 2.45) is 0 Å². The first-order chi connectivity index (χ1) is 16.7. The smallest absolute Gasteiger partial charge is 0.278 e. The van der Waals surface area contributed by atoms with Gasteiger partial charge in [-0.3, -0.25) is 4.79 Å². The summed E-state index contributed by atoms with van der Waals surface area (Å²) in [7, 11) is 3.07. The van der Waals surface area contributed by atoms with Crippen LogP contribution in [0.25, 0.3) is 26.6 Å². The van der Waals surface area contributed by atoms with Crippen molar-refractivity contribution in [1.82, 2.24) is 29.4 Å². The van der Waals surface area contributed by atoms with Crippen LogP contribution in [0.15, 0.2) is 29.5 Å². The van der Waals surface area contributed by atoms with Crippen molar-refractivity contribution < 1.29 is 9.47 Å². The number of aryl methyl sites for hydroxylation is 2. The highest BCUT2D eigenvalue weighted by molar-refractivity contribution is 7.19. The maximum atomic E-state index is 13.3. The molecule has 4 aromatic heterocycles. The highest BCUT2D eigenvalue weighted by Crippen LogP contribution is 2.36. The molecular weight excluding hydrogens is 452 g/mol. The summed E-state index contributed by atoms with van der Waals surface area (Å²) in [6.07, 6.45) is 10.5. The summed E-state index contributed by atoms with van der Waals surface area (Å²) in [6, 6.07) is 3.56. The van der Waals surface area contributed by atoms with Crippen LogP contribution < -0.4 is 15.0 Å². The van der Waals surface area contributed by atoms with Gasteiger partial charge in [-0.1, -0.05) is 12.8 Å². The van der Waals surface area contributed by atoms with Crippen LogP contribution >= 0.6 is 11.3 Å². The lowest BCUT2D eigenvalue weighted by Gasteiger charge is -2.11. The third kappa shape index (κ3) is 3.32. The first-order valence-corrected chi connectivity index (χ1v) is 12.2. The van der Waals surface area contributed by atoms with E-state index in [1.165, 1.54) is 47.9 Å². The van der Waals surface area contributed by atoms with Crippen LogP contribution in [-0.2, 0) is 19.4 Å². The van der Waals surface area contributed by atoms with Crippen molar-refractivity contribution in [2.75, 3.05) is 14.2 Å². The molecule has 0 amide bonds. The molecule has 0 radical (unpaired) electrons. The van der Waals surface area contributed by atoms with E-state index in [2.05, 4.69) is 15.2 Å². The molecule has 0 saturated heterocycles. The van der Waals surface area contributed by atoms with E-state index >= 15 is 0 Å². The van der Waals surface area contributed by atoms with Gasteiger partial charge in [-0.15, -0.1) is 16.4 Å². The van der Waals surface area contributed by atoms with Gasteiger partial charge in [0.25, 0.3) is 5.56 Å². The Hall–Kier alpha value is -3.53. The summed E-state index contributed by atoms with van der Waals surface area (Å²) in [5.41, 5.74) is 1.89. The van der Waals surface area contributed by atoms with Gasteiger partial charge in [-0.2, -0.15) is 5.10 Å². The molecule has 1 aliphatic rings. The van der Waals surface area contributed by atoms with Crippen LogP contribution in [-0.4, -0.2) is 43.6 Å². The van der Waals surface area contributed by atoms with Crippen molar-refractivity contribution in [3.63, 3.8) is 0 Å². The van der Waals surface area contributed by atoms with E-state index in [4.69, 9.17) is 14.5 Å². The van der Waals surface area contributed by atoms with E-state index in [-0.39, 0.29) is 12.1 Å². The van der Waals surface area contributed by atoms with Gasteiger partial charge in [0, 0.05) is 10.3 Å². The number of nitrogens with zero attached hydrogens (tertiary/aromatic N) is 6. The van der Waals surface area contributed by atoms with Gasteiger partial charge in [0.1, 0.15) is 17.7 Å². The largest absolute Gasteiger partial charge is 0.493 e. The average Bonchev–Trinajstić information content (AvgIpc) is 3.40. The Balaban J connectivity index is 1.46. The molecule has 0 saturated carbocycles. The minimum Gasteiger partial charge on any atom is -0.493 e. The highest BCUT2D eigenvalue weighted by Gasteiger charge is 2.20. The summed E-state index contributed by atoms with van der Waals surface area (Å²) in [5.74, 6) is 1.40. The topological polar surface area (TPSA) is 96.4 Å². The standard InChI is InChI=1S/C24H24N6O3S/c1-32-16-10-9-14-11-26-29(24(31)19(14)21(16)33-2)12-18-27-22-20-15-7-5-3-4-6-8-17(15)34-23(20)25-13-30(22)28-18/h9-11,13H,3-8,12H2,1-2H3. The number of aromatic nitrogens is 6. The third-order valence-corrected chi connectivity index (χ3v) is 7.69. The van der Waals surface area contributed by atoms with Crippen LogP contribution in [0.5, 0.6) is 11.5 Å². The molecule has 0 N–H and O–H groups in total. The monoisotopic (exact) mass is 476 g/mol. The molecule has 4 heterocycles. The summed E-state index contributed by atoms with van der Waals surface area (Å²) in [4.78, 5) is 25.2. The van der Waals surface area contributed by atoms with Crippen LogP contribution in [0.4, 0.5) is 0 Å². The Morgan fingerprint density at radius 2 is 1.91 bits per heavy atom. The van der Waals surface area contributed by atoms with E-state index in [1.807, 2.05) is 0 Å². The second kappa shape index (κ2) is 8.35. The summed E-state index contributed by atoms with van der Waals surface area (Å²) in [5, 5.41) is 11.2. The van der Waals surface area contributed by atoms with Crippen molar-refractivity contribution >= 4 is 38.0 Å². The Morgan fingerprint density at radius 1 is 1.06 bits per heavy atom. The summed E-state index contributed by atoms with van der Waals surface area (Å²) >= 11 is 1.78. The van der Waals surface area contributed by atoms with Gasteiger partial charge in [-0.05, 0) is 43.4 Å². The van der Waals surface area contributed by atoms with E-state index in [0.717, 1.165) is 28.7 Å². The van der Waals surface area contributed by atoms with Gasteiger partial charge in [0.05, 0.1) is 31.2 Å².